The zero-order valence-electron chi connectivity index (χ0n) is 22.2. The van der Waals surface area contributed by atoms with Gasteiger partial charge in [-0.1, -0.05) is 24.3 Å². The molecule has 0 aliphatic carbocycles. The van der Waals surface area contributed by atoms with E-state index >= 15 is 0 Å². The summed E-state index contributed by atoms with van der Waals surface area (Å²) in [6.07, 6.45) is 3.90. The molecule has 8 heteroatoms. The molecule has 0 radical (unpaired) electrons. The summed E-state index contributed by atoms with van der Waals surface area (Å²) in [6, 6.07) is 16.7. The summed E-state index contributed by atoms with van der Waals surface area (Å²) >= 11 is 0. The Balaban J connectivity index is 1.77. The molecule has 0 aliphatic rings. The molecule has 0 amide bonds. The first-order valence-corrected chi connectivity index (χ1v) is 13.4. The molecule has 37 heavy (non-hydrogen) atoms. The highest BCUT2D eigenvalue weighted by Crippen LogP contribution is 2.18. The quantitative estimate of drug-likeness (QED) is 0.152. The third kappa shape index (κ3) is 15.0. The fraction of sp³-hybridized carbons (Fsp3) is 0.586. The van der Waals surface area contributed by atoms with Gasteiger partial charge in [0.25, 0.3) is 0 Å². The number of anilines is 2. The van der Waals surface area contributed by atoms with E-state index in [1.165, 1.54) is 11.1 Å². The Bertz CT molecular complexity index is 766. The van der Waals surface area contributed by atoms with Gasteiger partial charge in [0, 0.05) is 77.3 Å². The molecule has 0 saturated carbocycles. The summed E-state index contributed by atoms with van der Waals surface area (Å²) in [7, 11) is 0. The number of nitrogens with two attached hydrogens (primary N) is 1. The minimum atomic E-state index is 0.164. The van der Waals surface area contributed by atoms with Crippen molar-refractivity contribution >= 4 is 11.4 Å². The van der Waals surface area contributed by atoms with Gasteiger partial charge in [-0.25, -0.2) is 0 Å². The fourth-order valence-electron chi connectivity index (χ4n) is 3.68. The van der Waals surface area contributed by atoms with Crippen molar-refractivity contribution in [1.82, 2.24) is 0 Å². The zero-order chi connectivity index (χ0) is 26.4. The Hall–Kier alpha value is -2.20. The van der Waals surface area contributed by atoms with Crippen LogP contribution < -0.4 is 10.6 Å². The van der Waals surface area contributed by atoms with Crippen molar-refractivity contribution in [3.8, 4) is 0 Å². The topological polar surface area (TPSA) is 107 Å². The van der Waals surface area contributed by atoms with Crippen LogP contribution in [0.15, 0.2) is 48.5 Å². The van der Waals surface area contributed by atoms with Gasteiger partial charge in [-0.2, -0.15) is 0 Å². The predicted molar refractivity (Wildman–Crippen MR) is 148 cm³/mol. The van der Waals surface area contributed by atoms with Crippen molar-refractivity contribution in [3.05, 3.63) is 59.7 Å². The van der Waals surface area contributed by atoms with Crippen molar-refractivity contribution in [2.75, 3.05) is 89.8 Å². The third-order valence-corrected chi connectivity index (χ3v) is 5.75. The number of nitrogen functional groups attached to an aromatic ring is 1. The molecule has 0 spiro atoms. The van der Waals surface area contributed by atoms with Gasteiger partial charge in [0.2, 0.25) is 0 Å². The van der Waals surface area contributed by atoms with Gasteiger partial charge in [0.15, 0.2) is 0 Å². The molecule has 0 heterocycles. The molecule has 0 bridgehead atoms. The molecule has 0 fully saturated rings. The van der Waals surface area contributed by atoms with Crippen LogP contribution in [0, 0.1) is 0 Å². The van der Waals surface area contributed by atoms with Crippen molar-refractivity contribution in [1.29, 1.82) is 0 Å². The predicted octanol–water partition coefficient (Wildman–Crippen LogP) is 3.28. The first-order valence-electron chi connectivity index (χ1n) is 13.4. The molecule has 0 aliphatic heterocycles. The number of aliphatic hydroxyl groups excluding tert-OH is 2. The smallest absolute Gasteiger partial charge is 0.0641 e. The number of rotatable bonds is 23. The molecule has 4 N–H and O–H groups in total. The van der Waals surface area contributed by atoms with Crippen molar-refractivity contribution < 1.29 is 29.2 Å². The van der Waals surface area contributed by atoms with Gasteiger partial charge in [-0.05, 0) is 67.5 Å². The van der Waals surface area contributed by atoms with E-state index in [0.29, 0.717) is 65.7 Å². The Morgan fingerprint density at radius 3 is 1.41 bits per heavy atom. The summed E-state index contributed by atoms with van der Waals surface area (Å²) in [5.41, 5.74) is 10.2. The Kier molecular flexibility index (Phi) is 17.4. The van der Waals surface area contributed by atoms with Crippen molar-refractivity contribution in [2.24, 2.45) is 0 Å². The Morgan fingerprint density at radius 2 is 0.946 bits per heavy atom. The second kappa shape index (κ2) is 20.8. The van der Waals surface area contributed by atoms with Gasteiger partial charge in [0.1, 0.15) is 0 Å². The number of aliphatic hydroxyl groups is 2. The van der Waals surface area contributed by atoms with Crippen LogP contribution in [0.5, 0.6) is 0 Å². The van der Waals surface area contributed by atoms with Gasteiger partial charge in [-0.3, -0.25) is 0 Å². The molecule has 8 nitrogen and oxygen atoms in total. The second-order valence-electron chi connectivity index (χ2n) is 8.88. The van der Waals surface area contributed by atoms with Crippen LogP contribution in [-0.4, -0.2) is 89.4 Å². The van der Waals surface area contributed by atoms with Crippen LogP contribution in [0.4, 0.5) is 11.4 Å². The van der Waals surface area contributed by atoms with E-state index < -0.39 is 0 Å². The molecule has 2 aromatic rings. The Morgan fingerprint density at radius 1 is 0.541 bits per heavy atom. The minimum Gasteiger partial charge on any atom is -0.399 e. The monoisotopic (exact) mass is 518 g/mol. The molecular weight excluding hydrogens is 472 g/mol. The summed E-state index contributed by atoms with van der Waals surface area (Å²) in [4.78, 5) is 2.29. The van der Waals surface area contributed by atoms with Gasteiger partial charge < -0.3 is 39.8 Å². The van der Waals surface area contributed by atoms with Crippen LogP contribution in [-0.2, 0) is 25.4 Å². The highest BCUT2D eigenvalue weighted by atomic mass is 16.5. The number of hydrogen-bond donors (Lipinski definition) is 3. The minimum absolute atomic E-state index is 0.164. The maximum absolute atomic E-state index is 8.78. The average Bonchev–Trinajstić information content (AvgIpc) is 2.92. The maximum atomic E-state index is 8.78. The van der Waals surface area contributed by atoms with Crippen LogP contribution in [0.1, 0.15) is 36.8 Å². The third-order valence-electron chi connectivity index (χ3n) is 5.75. The standard InChI is InChI=1S/C29H46N2O6/c30-28-9-5-26(6-10-28)25-27-7-11-29(12-8-27)31(13-23-36-21-3-19-34-17-1-15-32)14-24-37-22-4-20-35-18-2-16-33/h5-12,32-33H,1-4,13-25,30H2. The lowest BCUT2D eigenvalue weighted by molar-refractivity contribution is 0.0745. The lowest BCUT2D eigenvalue weighted by Crippen LogP contribution is -2.31. The molecule has 0 unspecified atom stereocenters. The van der Waals surface area contributed by atoms with Crippen LogP contribution in [0.25, 0.3) is 0 Å². The molecule has 2 aromatic carbocycles. The normalized spacial score (nSPS) is 11.2. The van der Waals surface area contributed by atoms with Gasteiger partial charge in [-0.15, -0.1) is 0 Å². The second-order valence-corrected chi connectivity index (χ2v) is 8.88. The fourth-order valence-corrected chi connectivity index (χ4v) is 3.68. The van der Waals surface area contributed by atoms with Crippen molar-refractivity contribution in [2.45, 2.75) is 32.1 Å². The summed E-state index contributed by atoms with van der Waals surface area (Å²) in [5.74, 6) is 0. The molecule has 0 atom stereocenters. The van der Waals surface area contributed by atoms with Crippen LogP contribution in [0.2, 0.25) is 0 Å². The number of ether oxygens (including phenoxy) is 4. The number of benzene rings is 2. The maximum Gasteiger partial charge on any atom is 0.0641 e. The van der Waals surface area contributed by atoms with E-state index in [9.17, 15) is 0 Å². The highest BCUT2D eigenvalue weighted by Gasteiger charge is 2.08. The molecule has 0 saturated heterocycles. The SMILES string of the molecule is Nc1ccc(Cc2ccc(N(CCOCCCOCCCO)CCOCCCOCCCO)cc2)cc1. The van der Waals surface area contributed by atoms with Gasteiger partial charge >= 0.3 is 0 Å². The zero-order valence-corrected chi connectivity index (χ0v) is 22.2. The summed E-state index contributed by atoms with van der Waals surface area (Å²) in [5, 5.41) is 17.6. The number of nitrogens with zero attached hydrogens (tertiary/aromatic N) is 1. The molecule has 2 rings (SSSR count). The first-order chi connectivity index (χ1) is 18.2. The van der Waals surface area contributed by atoms with Crippen LogP contribution >= 0.6 is 0 Å². The molecular formula is C29H46N2O6. The van der Waals surface area contributed by atoms with E-state index in [2.05, 4.69) is 41.3 Å². The average molecular weight is 519 g/mol. The van der Waals surface area contributed by atoms with Gasteiger partial charge in [0.05, 0.1) is 13.2 Å². The Labute approximate surface area is 222 Å². The lowest BCUT2D eigenvalue weighted by Gasteiger charge is -2.25. The highest BCUT2D eigenvalue weighted by molar-refractivity contribution is 5.48. The van der Waals surface area contributed by atoms with E-state index in [4.69, 9.17) is 34.9 Å². The first kappa shape index (κ1) is 31.0. The van der Waals surface area contributed by atoms with E-state index in [1.807, 2.05) is 12.1 Å². The summed E-state index contributed by atoms with van der Waals surface area (Å²) in [6.45, 7) is 6.92. The number of hydrogen-bond acceptors (Lipinski definition) is 8. The molecule has 0 aromatic heterocycles. The summed E-state index contributed by atoms with van der Waals surface area (Å²) < 4.78 is 22.6. The molecule has 208 valence electrons. The van der Waals surface area contributed by atoms with Crippen LogP contribution in [0.3, 0.4) is 0 Å². The van der Waals surface area contributed by atoms with Crippen molar-refractivity contribution in [3.63, 3.8) is 0 Å². The lowest BCUT2D eigenvalue weighted by atomic mass is 10.0. The van der Waals surface area contributed by atoms with E-state index in [1.54, 1.807) is 0 Å². The largest absolute Gasteiger partial charge is 0.399 e. The van der Waals surface area contributed by atoms with E-state index in [-0.39, 0.29) is 13.2 Å². The van der Waals surface area contributed by atoms with E-state index in [0.717, 1.165) is 43.7 Å².